The number of nitrogens with one attached hydrogen (secondary N) is 1. The average molecular weight is 347 g/mol. The summed E-state index contributed by atoms with van der Waals surface area (Å²) < 4.78 is 0.896. The van der Waals surface area contributed by atoms with Gasteiger partial charge in [-0.05, 0) is 39.5 Å². The second-order valence-electron chi connectivity index (χ2n) is 5.30. The van der Waals surface area contributed by atoms with Crippen molar-refractivity contribution < 1.29 is 4.79 Å². The minimum absolute atomic E-state index is 0.00972. The molecular formula is C17H19BrN2O. The van der Waals surface area contributed by atoms with E-state index in [9.17, 15) is 4.79 Å². The Morgan fingerprint density at radius 3 is 2.19 bits per heavy atom. The number of carbonyl (C=O) groups is 1. The molecule has 0 heterocycles. The fourth-order valence-electron chi connectivity index (χ4n) is 2.51. The Labute approximate surface area is 133 Å². The number of rotatable bonds is 5. The summed E-state index contributed by atoms with van der Waals surface area (Å²) in [7, 11) is 0. The molecule has 21 heavy (non-hydrogen) atoms. The van der Waals surface area contributed by atoms with Crippen LogP contribution in [-0.4, -0.2) is 5.91 Å². The number of carbonyl (C=O) groups excluding carboxylic acids is 1. The summed E-state index contributed by atoms with van der Waals surface area (Å²) in [6.45, 7) is 3.98. The van der Waals surface area contributed by atoms with Gasteiger partial charge in [-0.2, -0.15) is 0 Å². The van der Waals surface area contributed by atoms with Gasteiger partial charge in [0.05, 0.1) is 0 Å². The molecule has 4 heteroatoms. The highest BCUT2D eigenvalue weighted by Crippen LogP contribution is 2.35. The molecule has 3 nitrogen and oxygen atoms in total. The van der Waals surface area contributed by atoms with E-state index in [1.165, 1.54) is 0 Å². The molecule has 1 atom stereocenters. The highest BCUT2D eigenvalue weighted by Gasteiger charge is 2.42. The van der Waals surface area contributed by atoms with Crippen LogP contribution in [0.4, 0.5) is 5.69 Å². The van der Waals surface area contributed by atoms with Crippen molar-refractivity contribution in [2.45, 2.75) is 19.4 Å². The maximum atomic E-state index is 12.3. The van der Waals surface area contributed by atoms with Crippen LogP contribution in [0.3, 0.4) is 0 Å². The van der Waals surface area contributed by atoms with Gasteiger partial charge in [0.2, 0.25) is 5.91 Å². The maximum absolute atomic E-state index is 12.3. The van der Waals surface area contributed by atoms with E-state index in [2.05, 4.69) is 21.2 Å². The van der Waals surface area contributed by atoms with Crippen molar-refractivity contribution in [3.63, 3.8) is 0 Å². The van der Waals surface area contributed by atoms with Gasteiger partial charge in [0, 0.05) is 10.2 Å². The minimum atomic E-state index is -0.953. The second kappa shape index (κ2) is 6.31. The fraction of sp³-hybridized carbons (Fsp3) is 0.235. The van der Waals surface area contributed by atoms with Crippen LogP contribution in [-0.2, 0) is 10.3 Å². The highest BCUT2D eigenvalue weighted by atomic mass is 79.9. The molecule has 1 unspecified atom stereocenters. The molecule has 0 saturated heterocycles. The number of anilines is 1. The summed E-state index contributed by atoms with van der Waals surface area (Å²) in [5.74, 6) is -0.399. The molecule has 0 fully saturated rings. The van der Waals surface area contributed by atoms with Crippen LogP contribution >= 0.6 is 15.9 Å². The number of hydrogen-bond donors (Lipinski definition) is 2. The highest BCUT2D eigenvalue weighted by molar-refractivity contribution is 9.10. The Morgan fingerprint density at radius 1 is 1.10 bits per heavy atom. The zero-order valence-corrected chi connectivity index (χ0v) is 13.7. The smallest absolute Gasteiger partial charge is 0.248 e. The van der Waals surface area contributed by atoms with Gasteiger partial charge in [0.1, 0.15) is 5.54 Å². The van der Waals surface area contributed by atoms with E-state index in [0.29, 0.717) is 0 Å². The van der Waals surface area contributed by atoms with Gasteiger partial charge in [-0.25, -0.2) is 0 Å². The van der Waals surface area contributed by atoms with E-state index in [-0.39, 0.29) is 11.8 Å². The lowest BCUT2D eigenvalue weighted by Crippen LogP contribution is -2.51. The van der Waals surface area contributed by atoms with E-state index in [1.807, 2.05) is 68.4 Å². The van der Waals surface area contributed by atoms with Gasteiger partial charge in [0.15, 0.2) is 0 Å². The summed E-state index contributed by atoms with van der Waals surface area (Å²) in [5, 5.41) is 3.35. The van der Waals surface area contributed by atoms with Crippen molar-refractivity contribution >= 4 is 27.5 Å². The van der Waals surface area contributed by atoms with E-state index in [1.54, 1.807) is 0 Å². The van der Waals surface area contributed by atoms with Gasteiger partial charge >= 0.3 is 0 Å². The van der Waals surface area contributed by atoms with Crippen molar-refractivity contribution in [1.29, 1.82) is 0 Å². The SMILES string of the molecule is CC(C)C(Nc1ccccc1Br)(C(N)=O)c1ccccc1. The Hall–Kier alpha value is -1.81. The zero-order valence-electron chi connectivity index (χ0n) is 12.1. The number of para-hydroxylation sites is 1. The number of halogens is 1. The van der Waals surface area contributed by atoms with Crippen LogP contribution in [0.1, 0.15) is 19.4 Å². The predicted molar refractivity (Wildman–Crippen MR) is 89.9 cm³/mol. The van der Waals surface area contributed by atoms with Gasteiger partial charge in [0.25, 0.3) is 0 Å². The van der Waals surface area contributed by atoms with Gasteiger partial charge in [-0.3, -0.25) is 4.79 Å². The topological polar surface area (TPSA) is 55.1 Å². The molecule has 0 radical (unpaired) electrons. The zero-order chi connectivity index (χ0) is 15.5. The van der Waals surface area contributed by atoms with Gasteiger partial charge in [-0.1, -0.05) is 56.3 Å². The molecule has 2 aromatic carbocycles. The van der Waals surface area contributed by atoms with Crippen LogP contribution in [0.15, 0.2) is 59.1 Å². The molecule has 110 valence electrons. The summed E-state index contributed by atoms with van der Waals surface area (Å²) >= 11 is 3.51. The van der Waals surface area contributed by atoms with Crippen LogP contribution in [0.2, 0.25) is 0 Å². The third-order valence-electron chi connectivity index (χ3n) is 3.69. The van der Waals surface area contributed by atoms with Crippen LogP contribution in [0.5, 0.6) is 0 Å². The Morgan fingerprint density at radius 2 is 1.67 bits per heavy atom. The molecule has 0 bridgehead atoms. The molecule has 2 rings (SSSR count). The summed E-state index contributed by atoms with van der Waals surface area (Å²) in [6.07, 6.45) is 0. The molecule has 0 saturated carbocycles. The van der Waals surface area contributed by atoms with Crippen molar-refractivity contribution in [3.8, 4) is 0 Å². The molecule has 0 aliphatic heterocycles. The number of nitrogens with two attached hydrogens (primary N) is 1. The molecule has 0 aliphatic rings. The molecule has 1 amide bonds. The van der Waals surface area contributed by atoms with E-state index < -0.39 is 5.54 Å². The van der Waals surface area contributed by atoms with Gasteiger partial charge < -0.3 is 11.1 Å². The first kappa shape index (κ1) is 15.6. The number of benzene rings is 2. The van der Waals surface area contributed by atoms with Gasteiger partial charge in [-0.15, -0.1) is 0 Å². The number of amides is 1. The Bertz CT molecular complexity index is 628. The normalized spacial score (nSPS) is 13.7. The summed E-state index contributed by atoms with van der Waals surface area (Å²) in [5.41, 5.74) is 6.54. The van der Waals surface area contributed by atoms with Crippen molar-refractivity contribution in [2.24, 2.45) is 11.7 Å². The van der Waals surface area contributed by atoms with E-state index >= 15 is 0 Å². The Kier molecular flexibility index (Phi) is 4.68. The molecule has 3 N–H and O–H groups in total. The number of primary amides is 1. The maximum Gasteiger partial charge on any atom is 0.248 e. The lowest BCUT2D eigenvalue weighted by molar-refractivity contribution is -0.124. The molecule has 0 spiro atoms. The average Bonchev–Trinajstić information content (AvgIpc) is 2.46. The fourth-order valence-corrected chi connectivity index (χ4v) is 2.90. The second-order valence-corrected chi connectivity index (χ2v) is 6.15. The number of hydrogen-bond acceptors (Lipinski definition) is 2. The molecule has 0 aliphatic carbocycles. The lowest BCUT2D eigenvalue weighted by Gasteiger charge is -2.37. The third kappa shape index (κ3) is 2.95. The van der Waals surface area contributed by atoms with E-state index in [4.69, 9.17) is 5.73 Å². The third-order valence-corrected chi connectivity index (χ3v) is 4.38. The van der Waals surface area contributed by atoms with Crippen LogP contribution < -0.4 is 11.1 Å². The summed E-state index contributed by atoms with van der Waals surface area (Å²) in [6, 6.07) is 17.3. The first-order chi connectivity index (χ1) is 9.98. The van der Waals surface area contributed by atoms with Crippen molar-refractivity contribution in [2.75, 3.05) is 5.32 Å². The first-order valence-electron chi connectivity index (χ1n) is 6.86. The van der Waals surface area contributed by atoms with Crippen LogP contribution in [0.25, 0.3) is 0 Å². The Balaban J connectivity index is 2.56. The quantitative estimate of drug-likeness (QED) is 0.862. The lowest BCUT2D eigenvalue weighted by atomic mass is 9.79. The van der Waals surface area contributed by atoms with Crippen LogP contribution in [0, 0.1) is 5.92 Å². The predicted octanol–water partition coefficient (Wildman–Crippen LogP) is 3.90. The minimum Gasteiger partial charge on any atom is -0.367 e. The monoisotopic (exact) mass is 346 g/mol. The molecule has 2 aromatic rings. The van der Waals surface area contributed by atoms with Crippen molar-refractivity contribution in [1.82, 2.24) is 0 Å². The van der Waals surface area contributed by atoms with Crippen molar-refractivity contribution in [3.05, 3.63) is 64.6 Å². The molecular weight excluding hydrogens is 328 g/mol. The largest absolute Gasteiger partial charge is 0.367 e. The van der Waals surface area contributed by atoms with E-state index in [0.717, 1.165) is 15.7 Å². The first-order valence-corrected chi connectivity index (χ1v) is 7.66. The molecule has 0 aromatic heterocycles. The summed E-state index contributed by atoms with van der Waals surface area (Å²) in [4.78, 5) is 12.3. The standard InChI is InChI=1S/C17H19BrN2O/c1-12(2)17(16(19)21,13-8-4-3-5-9-13)20-15-11-7-6-10-14(15)18/h3-12,20H,1-2H3,(H2,19,21).